The molecule has 0 aromatic heterocycles. The molecule has 0 atom stereocenters. The minimum Gasteiger partial charge on any atom is -0.299 e. The first kappa shape index (κ1) is 15.5. The van der Waals surface area contributed by atoms with Crippen LogP contribution >= 0.6 is 0 Å². The van der Waals surface area contributed by atoms with Crippen molar-refractivity contribution in [1.82, 2.24) is 0 Å². The SMILES string of the molecule is Cc1cc(C)c(CC(=O)CCCc2ccccc2)c(C)c1. The molecule has 1 heteroatoms. The van der Waals surface area contributed by atoms with Gasteiger partial charge in [-0.05, 0) is 55.9 Å². The van der Waals surface area contributed by atoms with Crippen LogP contribution in [0.1, 0.15) is 40.7 Å². The van der Waals surface area contributed by atoms with Gasteiger partial charge in [0.1, 0.15) is 5.78 Å². The topological polar surface area (TPSA) is 17.1 Å². The van der Waals surface area contributed by atoms with Crippen molar-refractivity contribution in [2.24, 2.45) is 0 Å². The molecule has 21 heavy (non-hydrogen) atoms. The number of benzene rings is 2. The fourth-order valence-electron chi connectivity index (χ4n) is 2.91. The Kier molecular flexibility index (Phi) is 5.32. The number of carbonyl (C=O) groups excluding carboxylic acids is 1. The molecule has 0 saturated carbocycles. The van der Waals surface area contributed by atoms with E-state index in [9.17, 15) is 4.79 Å². The van der Waals surface area contributed by atoms with Crippen molar-refractivity contribution in [3.8, 4) is 0 Å². The van der Waals surface area contributed by atoms with Gasteiger partial charge in [-0.2, -0.15) is 0 Å². The van der Waals surface area contributed by atoms with E-state index in [1.807, 2.05) is 6.07 Å². The summed E-state index contributed by atoms with van der Waals surface area (Å²) in [6.45, 7) is 6.31. The first-order valence-corrected chi connectivity index (χ1v) is 7.68. The Hall–Kier alpha value is -1.89. The fraction of sp³-hybridized carbons (Fsp3) is 0.350. The minimum atomic E-state index is 0.348. The summed E-state index contributed by atoms with van der Waals surface area (Å²) in [5, 5.41) is 0. The molecule has 2 aromatic carbocycles. The van der Waals surface area contributed by atoms with Crippen molar-refractivity contribution in [1.29, 1.82) is 0 Å². The van der Waals surface area contributed by atoms with Crippen LogP contribution in [-0.2, 0) is 17.6 Å². The van der Waals surface area contributed by atoms with E-state index >= 15 is 0 Å². The van der Waals surface area contributed by atoms with E-state index < -0.39 is 0 Å². The molecule has 2 rings (SSSR count). The predicted octanol–water partition coefficient (Wildman–Crippen LogP) is 4.75. The highest BCUT2D eigenvalue weighted by Crippen LogP contribution is 2.18. The maximum atomic E-state index is 12.2. The summed E-state index contributed by atoms with van der Waals surface area (Å²) in [6, 6.07) is 14.7. The van der Waals surface area contributed by atoms with Gasteiger partial charge >= 0.3 is 0 Å². The van der Waals surface area contributed by atoms with E-state index in [2.05, 4.69) is 57.2 Å². The third kappa shape index (κ3) is 4.56. The average molecular weight is 280 g/mol. The van der Waals surface area contributed by atoms with Gasteiger partial charge < -0.3 is 0 Å². The van der Waals surface area contributed by atoms with Crippen molar-refractivity contribution in [3.63, 3.8) is 0 Å². The first-order chi connectivity index (χ1) is 10.1. The van der Waals surface area contributed by atoms with Gasteiger partial charge in [0.2, 0.25) is 0 Å². The molecule has 0 N–H and O–H groups in total. The van der Waals surface area contributed by atoms with Crippen LogP contribution in [0.3, 0.4) is 0 Å². The zero-order valence-corrected chi connectivity index (χ0v) is 13.3. The Bertz CT molecular complexity index is 588. The highest BCUT2D eigenvalue weighted by molar-refractivity contribution is 5.81. The van der Waals surface area contributed by atoms with Crippen molar-refractivity contribution >= 4 is 5.78 Å². The number of carbonyl (C=O) groups is 1. The van der Waals surface area contributed by atoms with Gasteiger partial charge in [0.15, 0.2) is 0 Å². The van der Waals surface area contributed by atoms with Crippen LogP contribution in [0.5, 0.6) is 0 Å². The third-order valence-corrected chi connectivity index (χ3v) is 3.98. The fourth-order valence-corrected chi connectivity index (χ4v) is 2.91. The van der Waals surface area contributed by atoms with Crippen LogP contribution in [0.4, 0.5) is 0 Å². The molecule has 2 aromatic rings. The Morgan fingerprint density at radius 2 is 1.57 bits per heavy atom. The maximum absolute atomic E-state index is 12.2. The van der Waals surface area contributed by atoms with E-state index in [1.165, 1.54) is 27.8 Å². The zero-order valence-electron chi connectivity index (χ0n) is 13.3. The molecular weight excluding hydrogens is 256 g/mol. The van der Waals surface area contributed by atoms with Gasteiger partial charge in [-0.3, -0.25) is 4.79 Å². The quantitative estimate of drug-likeness (QED) is 0.746. The molecule has 0 saturated heterocycles. The molecule has 0 heterocycles. The summed E-state index contributed by atoms with van der Waals surface area (Å²) >= 11 is 0. The molecular formula is C20H24O. The molecule has 0 fully saturated rings. The molecule has 0 aliphatic carbocycles. The number of Topliss-reactive ketones (excluding diaryl/α,β-unsaturated/α-hetero) is 1. The lowest BCUT2D eigenvalue weighted by atomic mass is 9.94. The summed E-state index contributed by atoms with van der Waals surface area (Å²) in [5.74, 6) is 0.348. The molecule has 0 radical (unpaired) electrons. The summed E-state index contributed by atoms with van der Waals surface area (Å²) in [5.41, 5.74) is 6.27. The first-order valence-electron chi connectivity index (χ1n) is 7.68. The van der Waals surface area contributed by atoms with Crippen LogP contribution in [0, 0.1) is 20.8 Å². The monoisotopic (exact) mass is 280 g/mol. The smallest absolute Gasteiger partial charge is 0.137 e. The second kappa shape index (κ2) is 7.21. The second-order valence-electron chi connectivity index (χ2n) is 5.93. The van der Waals surface area contributed by atoms with Crippen molar-refractivity contribution in [2.45, 2.75) is 46.5 Å². The number of ketones is 1. The van der Waals surface area contributed by atoms with Crippen molar-refractivity contribution in [2.75, 3.05) is 0 Å². The Labute approximate surface area is 128 Å². The summed E-state index contributed by atoms with van der Waals surface area (Å²) in [7, 11) is 0. The maximum Gasteiger partial charge on any atom is 0.137 e. The van der Waals surface area contributed by atoms with E-state index in [0.717, 1.165) is 12.8 Å². The lowest BCUT2D eigenvalue weighted by Gasteiger charge is -2.10. The lowest BCUT2D eigenvalue weighted by Crippen LogP contribution is -2.06. The number of rotatable bonds is 6. The highest BCUT2D eigenvalue weighted by Gasteiger charge is 2.09. The van der Waals surface area contributed by atoms with Gasteiger partial charge in [-0.15, -0.1) is 0 Å². The molecule has 1 nitrogen and oxygen atoms in total. The van der Waals surface area contributed by atoms with Crippen LogP contribution < -0.4 is 0 Å². The molecule has 110 valence electrons. The number of hydrogen-bond acceptors (Lipinski definition) is 1. The summed E-state index contributed by atoms with van der Waals surface area (Å²) in [6.07, 6.45) is 3.17. The lowest BCUT2D eigenvalue weighted by molar-refractivity contribution is -0.118. The van der Waals surface area contributed by atoms with E-state index in [4.69, 9.17) is 0 Å². The van der Waals surface area contributed by atoms with Crippen LogP contribution in [-0.4, -0.2) is 5.78 Å². The highest BCUT2D eigenvalue weighted by atomic mass is 16.1. The molecule has 0 bridgehead atoms. The van der Waals surface area contributed by atoms with Crippen molar-refractivity contribution in [3.05, 3.63) is 70.3 Å². The molecule has 0 unspecified atom stereocenters. The van der Waals surface area contributed by atoms with Gasteiger partial charge in [0.05, 0.1) is 0 Å². The standard InChI is InChI=1S/C20H24O/c1-15-12-16(2)20(17(3)13-15)14-19(21)11-7-10-18-8-5-4-6-9-18/h4-6,8-9,12-13H,7,10-11,14H2,1-3H3. The normalized spacial score (nSPS) is 10.6. The Balaban J connectivity index is 1.88. The predicted molar refractivity (Wildman–Crippen MR) is 88.7 cm³/mol. The van der Waals surface area contributed by atoms with Gasteiger partial charge in [0, 0.05) is 12.8 Å². The van der Waals surface area contributed by atoms with Gasteiger partial charge in [-0.1, -0.05) is 48.0 Å². The Morgan fingerprint density at radius 3 is 2.19 bits per heavy atom. The third-order valence-electron chi connectivity index (χ3n) is 3.98. The van der Waals surface area contributed by atoms with Gasteiger partial charge in [0.25, 0.3) is 0 Å². The molecule has 0 aliphatic heterocycles. The summed E-state index contributed by atoms with van der Waals surface area (Å²) in [4.78, 5) is 12.2. The summed E-state index contributed by atoms with van der Waals surface area (Å²) < 4.78 is 0. The van der Waals surface area contributed by atoms with E-state index in [1.54, 1.807) is 0 Å². The zero-order chi connectivity index (χ0) is 15.2. The largest absolute Gasteiger partial charge is 0.299 e. The molecule has 0 aliphatic rings. The molecule has 0 spiro atoms. The average Bonchev–Trinajstić information content (AvgIpc) is 2.44. The van der Waals surface area contributed by atoms with E-state index in [0.29, 0.717) is 18.6 Å². The van der Waals surface area contributed by atoms with Gasteiger partial charge in [-0.25, -0.2) is 0 Å². The van der Waals surface area contributed by atoms with Crippen molar-refractivity contribution < 1.29 is 4.79 Å². The van der Waals surface area contributed by atoms with Crippen LogP contribution in [0.2, 0.25) is 0 Å². The van der Waals surface area contributed by atoms with Crippen LogP contribution in [0.15, 0.2) is 42.5 Å². The molecule has 0 amide bonds. The van der Waals surface area contributed by atoms with Crippen LogP contribution in [0.25, 0.3) is 0 Å². The number of aryl methyl sites for hydroxylation is 4. The minimum absolute atomic E-state index is 0.348. The Morgan fingerprint density at radius 1 is 0.952 bits per heavy atom. The number of hydrogen-bond donors (Lipinski definition) is 0. The van der Waals surface area contributed by atoms with E-state index in [-0.39, 0.29) is 0 Å². The second-order valence-corrected chi connectivity index (χ2v) is 5.93.